The third kappa shape index (κ3) is 28.1. The van der Waals surface area contributed by atoms with Gasteiger partial charge in [0.1, 0.15) is 0 Å². The molecule has 5 N–H and O–H groups in total. The Labute approximate surface area is 348 Å². The van der Waals surface area contributed by atoms with E-state index in [4.69, 9.17) is 41.1 Å². The maximum absolute atomic E-state index is 12.1. The first-order valence-electron chi connectivity index (χ1n) is 17.9. The van der Waals surface area contributed by atoms with Crippen molar-refractivity contribution in [3.8, 4) is 0 Å². The monoisotopic (exact) mass is 908 g/mol. The molecule has 0 aromatic heterocycles. The molecule has 0 atom stereocenters. The Balaban J connectivity index is -0.000000767. The van der Waals surface area contributed by atoms with Gasteiger partial charge in [-0.1, -0.05) is 27.7 Å². The van der Waals surface area contributed by atoms with Gasteiger partial charge < -0.3 is 35.3 Å². The highest BCUT2D eigenvalue weighted by Crippen LogP contribution is 2.30. The number of nitrogens with zero attached hydrogens (tertiary/aromatic N) is 5. The molecular weight excluding hydrogens is 852 g/mol. The van der Waals surface area contributed by atoms with Crippen molar-refractivity contribution in [1.29, 1.82) is 0 Å². The van der Waals surface area contributed by atoms with Gasteiger partial charge in [-0.25, -0.2) is 21.6 Å². The van der Waals surface area contributed by atoms with Gasteiger partial charge in [-0.05, 0) is 52.2 Å². The molecule has 0 amide bonds. The van der Waals surface area contributed by atoms with Crippen molar-refractivity contribution in [2.45, 2.75) is 51.3 Å². The fraction of sp³-hybridized carbons (Fsp3) is 0.625. The topological polar surface area (TPSA) is 345 Å². The fourth-order valence-electron chi connectivity index (χ4n) is 3.77. The lowest BCUT2D eigenvalue weighted by Crippen LogP contribution is -2.28. The Bertz CT molecular complexity index is 1730. The first kappa shape index (κ1) is 59.2. The van der Waals surface area contributed by atoms with Crippen molar-refractivity contribution in [3.63, 3.8) is 0 Å². The van der Waals surface area contributed by atoms with Crippen molar-refractivity contribution >= 4 is 52.5 Å². The number of ether oxygens (including phenoxy) is 4. The Hall–Kier alpha value is -4.09. The molecule has 0 heterocycles. The highest BCUT2D eigenvalue weighted by atomic mass is 35.7. The second kappa shape index (κ2) is 34.7. The number of sulfonamides is 1. The molecule has 0 bridgehead atoms. The van der Waals surface area contributed by atoms with Gasteiger partial charge in [-0.2, -0.15) is 0 Å². The Morgan fingerprint density at radius 1 is 0.610 bits per heavy atom. The lowest BCUT2D eigenvalue weighted by molar-refractivity contribution is -0.396. The summed E-state index contributed by atoms with van der Waals surface area (Å²) in [6.45, 7) is 21.0. The van der Waals surface area contributed by atoms with E-state index in [9.17, 15) is 57.3 Å². The van der Waals surface area contributed by atoms with E-state index in [-0.39, 0.29) is 19.8 Å². The summed E-state index contributed by atoms with van der Waals surface area (Å²) in [4.78, 5) is 39.7. The van der Waals surface area contributed by atoms with Crippen LogP contribution in [-0.4, -0.2) is 134 Å². The predicted molar refractivity (Wildman–Crippen MR) is 220 cm³/mol. The van der Waals surface area contributed by atoms with Crippen molar-refractivity contribution in [2.75, 3.05) is 92.1 Å². The number of halogens is 1. The number of nitro benzene ring substituents is 4. The second-order valence-electron chi connectivity index (χ2n) is 10.6. The van der Waals surface area contributed by atoms with Crippen LogP contribution in [0.1, 0.15) is 41.5 Å². The molecule has 2 aromatic carbocycles. The van der Waals surface area contributed by atoms with Crippen LogP contribution in [0.4, 0.5) is 22.7 Å². The molecule has 59 heavy (non-hydrogen) atoms. The SMILES string of the molecule is CCN.CCN(CC)CC.CCOCCOCCN.CCOCCOCCNS(=O)(=O)c1ccc([N+](=O)[O-])cc1[N+](=O)[O-].O=[N+]([O-])c1ccc(S(=O)(=O)Cl)c([N+](=O)[O-])c1. The number of rotatable bonds is 23. The Morgan fingerprint density at radius 2 is 0.983 bits per heavy atom. The molecule has 27 heteroatoms. The van der Waals surface area contributed by atoms with Gasteiger partial charge in [0.15, 0.2) is 9.79 Å². The van der Waals surface area contributed by atoms with Crippen LogP contribution < -0.4 is 16.2 Å². The summed E-state index contributed by atoms with van der Waals surface area (Å²) in [5.74, 6) is 0. The third-order valence-electron chi connectivity index (χ3n) is 6.55. The molecule has 340 valence electrons. The molecule has 0 aliphatic heterocycles. The van der Waals surface area contributed by atoms with E-state index < -0.39 is 71.3 Å². The third-order valence-corrected chi connectivity index (χ3v) is 9.42. The van der Waals surface area contributed by atoms with Crippen LogP contribution in [-0.2, 0) is 38.0 Å². The van der Waals surface area contributed by atoms with E-state index in [0.717, 1.165) is 37.4 Å². The number of hydrogen-bond acceptors (Lipinski definition) is 19. The van der Waals surface area contributed by atoms with Crippen LogP contribution in [0.25, 0.3) is 0 Å². The lowest BCUT2D eigenvalue weighted by Gasteiger charge is -2.13. The molecule has 0 unspecified atom stereocenters. The average Bonchev–Trinajstić information content (AvgIpc) is 3.18. The molecule has 0 radical (unpaired) electrons. The summed E-state index contributed by atoms with van der Waals surface area (Å²) in [6.07, 6.45) is 0. The van der Waals surface area contributed by atoms with E-state index in [2.05, 4.69) is 30.4 Å². The van der Waals surface area contributed by atoms with E-state index in [0.29, 0.717) is 51.7 Å². The summed E-state index contributed by atoms with van der Waals surface area (Å²) in [5.41, 5.74) is 7.07. The molecular formula is C32H57ClN8O16S2. The van der Waals surface area contributed by atoms with Gasteiger partial charge in [-0.15, -0.1) is 0 Å². The normalized spacial score (nSPS) is 10.7. The second-order valence-corrected chi connectivity index (χ2v) is 14.9. The summed E-state index contributed by atoms with van der Waals surface area (Å²) in [6, 6.07) is 4.40. The number of benzene rings is 2. The maximum atomic E-state index is 12.1. The largest absolute Gasteiger partial charge is 0.379 e. The number of nitrogens with one attached hydrogen (secondary N) is 1. The molecule has 0 aliphatic rings. The fourth-order valence-corrected chi connectivity index (χ4v) is 5.93. The van der Waals surface area contributed by atoms with E-state index in [1.807, 2.05) is 20.8 Å². The van der Waals surface area contributed by atoms with E-state index in [1.165, 1.54) is 19.6 Å². The highest BCUT2D eigenvalue weighted by molar-refractivity contribution is 8.13. The zero-order chi connectivity index (χ0) is 46.0. The molecule has 24 nitrogen and oxygen atoms in total. The molecule has 0 aliphatic carbocycles. The summed E-state index contributed by atoms with van der Waals surface area (Å²) < 4.78 is 68.4. The van der Waals surface area contributed by atoms with Gasteiger partial charge in [0.25, 0.3) is 31.8 Å². The summed E-state index contributed by atoms with van der Waals surface area (Å²) in [7, 11) is -3.58. The van der Waals surface area contributed by atoms with E-state index >= 15 is 0 Å². The quantitative estimate of drug-likeness (QED) is 0.0620. The van der Waals surface area contributed by atoms with Gasteiger partial charge in [-0.3, -0.25) is 40.5 Å². The summed E-state index contributed by atoms with van der Waals surface area (Å²) in [5, 5.41) is 42.5. The molecule has 0 saturated carbocycles. The Kier molecular flexibility index (Phi) is 34.9. The minimum Gasteiger partial charge on any atom is -0.379 e. The van der Waals surface area contributed by atoms with Crippen LogP contribution in [0.5, 0.6) is 0 Å². The van der Waals surface area contributed by atoms with Gasteiger partial charge in [0.05, 0.1) is 71.5 Å². The standard InChI is InChI=1S/C12H17N3O8S.C6H3ClN2O6S.C6H15NO2.C6H15N.C2H7N/c1-2-22-7-8-23-6-5-13-24(20,21)12-4-3-10(14(16)17)9-11(12)15(18)19;7-16(14,15)6-2-1-4(8(10)11)3-5(6)9(12)13;1-2-8-5-6-9-4-3-7;1-4-7(5-2)6-3;1-2-3/h3-4,9,13H,2,5-8H2,1H3;1-3H;2-7H2,1H3;4-6H2,1-3H3;2-3H2,1H3. The smallest absolute Gasteiger partial charge is 0.296 e. The molecule has 0 spiro atoms. The zero-order valence-electron chi connectivity index (χ0n) is 34.0. The van der Waals surface area contributed by atoms with Crippen molar-refractivity contribution < 1.29 is 55.5 Å². The van der Waals surface area contributed by atoms with Crippen LogP contribution in [0.3, 0.4) is 0 Å². The van der Waals surface area contributed by atoms with Crippen molar-refractivity contribution in [2.24, 2.45) is 11.5 Å². The van der Waals surface area contributed by atoms with Gasteiger partial charge in [0, 0.05) is 49.1 Å². The number of nitrogens with two attached hydrogens (primary N) is 2. The van der Waals surface area contributed by atoms with Crippen molar-refractivity contribution in [1.82, 2.24) is 9.62 Å². The number of hydrogen-bond donors (Lipinski definition) is 3. The number of nitro groups is 4. The van der Waals surface area contributed by atoms with E-state index in [1.54, 1.807) is 0 Å². The van der Waals surface area contributed by atoms with Gasteiger partial charge in [0.2, 0.25) is 10.0 Å². The minimum atomic E-state index is -4.31. The lowest BCUT2D eigenvalue weighted by atomic mass is 10.3. The van der Waals surface area contributed by atoms with Gasteiger partial charge >= 0.3 is 0 Å². The molecule has 0 saturated heterocycles. The highest BCUT2D eigenvalue weighted by Gasteiger charge is 2.29. The minimum absolute atomic E-state index is 0.0487. The average molecular weight is 909 g/mol. The molecule has 0 fully saturated rings. The van der Waals surface area contributed by atoms with Crippen LogP contribution in [0.15, 0.2) is 46.2 Å². The van der Waals surface area contributed by atoms with Crippen LogP contribution in [0.2, 0.25) is 0 Å². The van der Waals surface area contributed by atoms with Crippen molar-refractivity contribution in [3.05, 3.63) is 76.9 Å². The van der Waals surface area contributed by atoms with Crippen LogP contribution >= 0.6 is 10.7 Å². The Morgan fingerprint density at radius 3 is 1.31 bits per heavy atom. The molecule has 2 aromatic rings. The maximum Gasteiger partial charge on any atom is 0.296 e. The summed E-state index contributed by atoms with van der Waals surface area (Å²) >= 11 is 0. The van der Waals surface area contributed by atoms with Crippen LogP contribution in [0, 0.1) is 40.5 Å². The zero-order valence-corrected chi connectivity index (χ0v) is 36.4. The number of non-ortho nitro benzene ring substituents is 2. The predicted octanol–water partition coefficient (Wildman–Crippen LogP) is 3.58. The molecule has 2 rings (SSSR count). The first-order chi connectivity index (χ1) is 27.7. The first-order valence-corrected chi connectivity index (χ1v) is 21.7.